The molecule has 0 radical (unpaired) electrons. The molecule has 2 aliphatic heterocycles. The van der Waals surface area contributed by atoms with Crippen molar-refractivity contribution in [2.24, 2.45) is 24.8 Å². The van der Waals surface area contributed by atoms with Crippen molar-refractivity contribution in [1.29, 1.82) is 0 Å². The van der Waals surface area contributed by atoms with Crippen LogP contribution in [0.4, 0.5) is 0 Å². The summed E-state index contributed by atoms with van der Waals surface area (Å²) in [6, 6.07) is 0. The van der Waals surface area contributed by atoms with Crippen molar-refractivity contribution in [2.75, 3.05) is 26.2 Å². The Morgan fingerprint density at radius 2 is 2.33 bits per heavy atom. The maximum atomic E-state index is 12.7. The van der Waals surface area contributed by atoms with E-state index in [2.05, 4.69) is 29.6 Å². The summed E-state index contributed by atoms with van der Waals surface area (Å²) in [6.45, 7) is 7.54. The van der Waals surface area contributed by atoms with Crippen molar-refractivity contribution < 1.29 is 9.53 Å². The van der Waals surface area contributed by atoms with Crippen LogP contribution in [0.5, 0.6) is 0 Å². The molecule has 6 nitrogen and oxygen atoms in total. The first-order valence-electron chi connectivity index (χ1n) is 9.15. The fourth-order valence-corrected chi connectivity index (χ4v) is 4.12. The van der Waals surface area contributed by atoms with E-state index >= 15 is 0 Å². The van der Waals surface area contributed by atoms with Crippen molar-refractivity contribution in [3.05, 3.63) is 18.0 Å². The number of carbonyl (C=O) groups excluding carboxylic acids is 1. The highest BCUT2D eigenvalue weighted by molar-refractivity contribution is 5.80. The molecule has 2 aliphatic rings. The van der Waals surface area contributed by atoms with Crippen molar-refractivity contribution >= 4 is 5.91 Å². The normalized spacial score (nSPS) is 30.7. The highest BCUT2D eigenvalue weighted by Gasteiger charge is 2.35. The Labute approximate surface area is 144 Å². The lowest BCUT2D eigenvalue weighted by molar-refractivity contribution is -0.125. The number of hydrogen-bond donors (Lipinski definition) is 2. The van der Waals surface area contributed by atoms with E-state index in [-0.39, 0.29) is 23.8 Å². The van der Waals surface area contributed by atoms with Gasteiger partial charge in [0.05, 0.1) is 18.2 Å². The lowest BCUT2D eigenvalue weighted by Crippen LogP contribution is -2.43. The highest BCUT2D eigenvalue weighted by Crippen LogP contribution is 2.29. The summed E-state index contributed by atoms with van der Waals surface area (Å²) in [6.07, 6.45) is 6.38. The molecule has 1 aromatic rings. The van der Waals surface area contributed by atoms with Crippen LogP contribution in [0.15, 0.2) is 12.4 Å². The van der Waals surface area contributed by atoms with E-state index in [4.69, 9.17) is 4.74 Å². The Morgan fingerprint density at radius 3 is 3.04 bits per heavy atom. The summed E-state index contributed by atoms with van der Waals surface area (Å²) in [4.78, 5) is 12.7. The fraction of sp³-hybridized carbons (Fsp3) is 0.778. The molecule has 0 aliphatic carbocycles. The van der Waals surface area contributed by atoms with Crippen LogP contribution in [0.3, 0.4) is 0 Å². The number of nitrogens with zero attached hydrogens (tertiary/aromatic N) is 2. The first-order valence-corrected chi connectivity index (χ1v) is 9.15. The monoisotopic (exact) mass is 334 g/mol. The SMILES string of the molecule is CC(C)C1OCCCC1CNC(=O)[C@H]1CNC[C@@H]1c1cnn(C)c1. The van der Waals surface area contributed by atoms with E-state index in [9.17, 15) is 4.79 Å². The largest absolute Gasteiger partial charge is 0.378 e. The number of nitrogens with one attached hydrogen (secondary N) is 2. The van der Waals surface area contributed by atoms with Gasteiger partial charge in [0, 0.05) is 51.3 Å². The molecule has 2 unspecified atom stereocenters. The van der Waals surface area contributed by atoms with Crippen LogP contribution in [0, 0.1) is 17.8 Å². The van der Waals surface area contributed by atoms with Gasteiger partial charge in [-0.05, 0) is 24.3 Å². The molecule has 2 fully saturated rings. The summed E-state index contributed by atoms with van der Waals surface area (Å²) in [5.41, 5.74) is 1.14. The first kappa shape index (κ1) is 17.4. The molecule has 3 rings (SSSR count). The average molecular weight is 334 g/mol. The molecule has 1 aromatic heterocycles. The molecule has 0 saturated carbocycles. The third kappa shape index (κ3) is 3.81. The number of aromatic nitrogens is 2. The number of aryl methyl sites for hydroxylation is 1. The molecule has 1 amide bonds. The van der Waals surface area contributed by atoms with Crippen LogP contribution in [-0.4, -0.2) is 48.0 Å². The lowest BCUT2D eigenvalue weighted by atomic mass is 9.86. The molecule has 3 heterocycles. The standard InChI is InChI=1S/C18H30N4O2/c1-12(2)17-13(5-4-6-24-17)7-20-18(23)16-10-19-9-15(16)14-8-21-22(3)11-14/h8,11-13,15-17,19H,4-7,9-10H2,1-3H3,(H,20,23)/t13?,15-,16+,17?/m1/s1. The molecule has 4 atom stereocenters. The quantitative estimate of drug-likeness (QED) is 0.851. The van der Waals surface area contributed by atoms with Crippen LogP contribution in [-0.2, 0) is 16.6 Å². The van der Waals surface area contributed by atoms with E-state index in [1.807, 2.05) is 19.4 Å². The Balaban J connectivity index is 1.58. The van der Waals surface area contributed by atoms with Gasteiger partial charge in [0.1, 0.15) is 0 Å². The molecule has 2 saturated heterocycles. The van der Waals surface area contributed by atoms with Gasteiger partial charge in [0.25, 0.3) is 0 Å². The number of hydrogen-bond acceptors (Lipinski definition) is 4. The summed E-state index contributed by atoms with van der Waals surface area (Å²) < 4.78 is 7.73. The Kier molecular flexibility index (Phi) is 5.56. The number of amides is 1. The zero-order valence-electron chi connectivity index (χ0n) is 15.0. The molecule has 0 bridgehead atoms. The van der Waals surface area contributed by atoms with E-state index in [0.29, 0.717) is 11.8 Å². The van der Waals surface area contributed by atoms with Gasteiger partial charge in [-0.2, -0.15) is 5.10 Å². The van der Waals surface area contributed by atoms with Crippen LogP contribution in [0.25, 0.3) is 0 Å². The topological polar surface area (TPSA) is 68.2 Å². The second-order valence-electron chi connectivity index (χ2n) is 7.55. The van der Waals surface area contributed by atoms with Crippen LogP contribution in [0.1, 0.15) is 38.2 Å². The maximum Gasteiger partial charge on any atom is 0.225 e. The molecule has 24 heavy (non-hydrogen) atoms. The minimum atomic E-state index is -0.0174. The Bertz CT molecular complexity index is 557. The van der Waals surface area contributed by atoms with Gasteiger partial charge >= 0.3 is 0 Å². The van der Waals surface area contributed by atoms with E-state index in [1.54, 1.807) is 4.68 Å². The van der Waals surface area contributed by atoms with Crippen molar-refractivity contribution in [3.63, 3.8) is 0 Å². The van der Waals surface area contributed by atoms with Gasteiger partial charge in [-0.25, -0.2) is 0 Å². The zero-order valence-corrected chi connectivity index (χ0v) is 15.0. The summed E-state index contributed by atoms with van der Waals surface area (Å²) >= 11 is 0. The molecule has 134 valence electrons. The predicted molar refractivity (Wildman–Crippen MR) is 92.6 cm³/mol. The van der Waals surface area contributed by atoms with Crippen LogP contribution in [0.2, 0.25) is 0 Å². The van der Waals surface area contributed by atoms with Crippen LogP contribution < -0.4 is 10.6 Å². The van der Waals surface area contributed by atoms with E-state index < -0.39 is 0 Å². The molecule has 2 N–H and O–H groups in total. The number of carbonyl (C=O) groups is 1. The molecule has 6 heteroatoms. The molecule has 0 aromatic carbocycles. The average Bonchev–Trinajstić information content (AvgIpc) is 3.21. The Morgan fingerprint density at radius 1 is 1.50 bits per heavy atom. The minimum absolute atomic E-state index is 0.0174. The Hall–Kier alpha value is -1.40. The summed E-state index contributed by atoms with van der Waals surface area (Å²) in [5, 5.41) is 10.8. The van der Waals surface area contributed by atoms with Crippen molar-refractivity contribution in [3.8, 4) is 0 Å². The number of rotatable bonds is 5. The van der Waals surface area contributed by atoms with Gasteiger partial charge in [0.2, 0.25) is 5.91 Å². The van der Waals surface area contributed by atoms with Gasteiger partial charge in [-0.1, -0.05) is 13.8 Å². The fourth-order valence-electron chi connectivity index (χ4n) is 4.12. The molecular weight excluding hydrogens is 304 g/mol. The van der Waals surface area contributed by atoms with E-state index in [1.165, 1.54) is 0 Å². The van der Waals surface area contributed by atoms with Crippen LogP contribution >= 0.6 is 0 Å². The van der Waals surface area contributed by atoms with Gasteiger partial charge in [-0.15, -0.1) is 0 Å². The predicted octanol–water partition coefficient (Wildman–Crippen LogP) is 1.29. The second-order valence-corrected chi connectivity index (χ2v) is 7.55. The smallest absolute Gasteiger partial charge is 0.225 e. The van der Waals surface area contributed by atoms with Crippen molar-refractivity contribution in [1.82, 2.24) is 20.4 Å². The van der Waals surface area contributed by atoms with Gasteiger partial charge < -0.3 is 15.4 Å². The van der Waals surface area contributed by atoms with Crippen molar-refractivity contribution in [2.45, 2.75) is 38.7 Å². The molecular formula is C18H30N4O2. The lowest BCUT2D eigenvalue weighted by Gasteiger charge is -2.34. The second kappa shape index (κ2) is 7.66. The van der Waals surface area contributed by atoms with Gasteiger partial charge in [0.15, 0.2) is 0 Å². The highest BCUT2D eigenvalue weighted by atomic mass is 16.5. The van der Waals surface area contributed by atoms with E-state index in [0.717, 1.165) is 44.6 Å². The minimum Gasteiger partial charge on any atom is -0.378 e. The molecule has 0 spiro atoms. The summed E-state index contributed by atoms with van der Waals surface area (Å²) in [5.74, 6) is 1.26. The first-order chi connectivity index (χ1) is 11.6. The summed E-state index contributed by atoms with van der Waals surface area (Å²) in [7, 11) is 1.91. The zero-order chi connectivity index (χ0) is 17.1. The third-order valence-corrected chi connectivity index (χ3v) is 5.39. The third-order valence-electron chi connectivity index (χ3n) is 5.39. The van der Waals surface area contributed by atoms with Gasteiger partial charge in [-0.3, -0.25) is 9.48 Å². The number of ether oxygens (including phenoxy) is 1. The maximum absolute atomic E-state index is 12.7.